The van der Waals surface area contributed by atoms with Crippen molar-refractivity contribution in [3.63, 3.8) is 0 Å². The molecule has 2 atom stereocenters. The highest BCUT2D eigenvalue weighted by Gasteiger charge is 2.25. The Bertz CT molecular complexity index is 1470. The van der Waals surface area contributed by atoms with E-state index >= 15 is 0 Å². The van der Waals surface area contributed by atoms with Crippen molar-refractivity contribution in [2.45, 2.75) is 46.4 Å². The number of fused-ring (bicyclic) bond motifs is 4. The third-order valence-corrected chi connectivity index (χ3v) is 6.83. The summed E-state index contributed by atoms with van der Waals surface area (Å²) in [7, 11) is 5.96. The highest BCUT2D eigenvalue weighted by atomic mass is 16.5. The van der Waals surface area contributed by atoms with Crippen molar-refractivity contribution in [1.29, 1.82) is 0 Å². The number of hydrogen-bond acceptors (Lipinski definition) is 8. The Morgan fingerprint density at radius 2 is 2.08 bits per heavy atom. The van der Waals surface area contributed by atoms with Crippen LogP contribution in [0.25, 0.3) is 34.3 Å². The lowest BCUT2D eigenvalue weighted by Gasteiger charge is -2.24. The van der Waals surface area contributed by atoms with Gasteiger partial charge in [0.25, 0.3) is 0 Å². The van der Waals surface area contributed by atoms with Gasteiger partial charge in [0.2, 0.25) is 11.8 Å². The van der Waals surface area contributed by atoms with Crippen molar-refractivity contribution in [2.24, 2.45) is 7.05 Å². The summed E-state index contributed by atoms with van der Waals surface area (Å²) in [6.07, 6.45) is 5.81. The Hall–Kier alpha value is -3.70. The van der Waals surface area contributed by atoms with Gasteiger partial charge in [0.1, 0.15) is 6.10 Å². The smallest absolute Gasteiger partial charge is 0.240 e. The molecule has 202 valence electrons. The Labute approximate surface area is 222 Å². The molecule has 38 heavy (non-hydrogen) atoms. The van der Waals surface area contributed by atoms with Crippen molar-refractivity contribution in [1.82, 2.24) is 45.0 Å². The zero-order valence-corrected chi connectivity index (χ0v) is 23.2. The largest absolute Gasteiger partial charge is 0.476 e. The molecule has 11 nitrogen and oxygen atoms in total. The van der Waals surface area contributed by atoms with Crippen molar-refractivity contribution < 1.29 is 9.47 Å². The van der Waals surface area contributed by atoms with E-state index in [0.29, 0.717) is 31.5 Å². The fourth-order valence-electron chi connectivity index (χ4n) is 5.19. The third-order valence-electron chi connectivity index (χ3n) is 6.83. The molecule has 5 heterocycles. The van der Waals surface area contributed by atoms with Gasteiger partial charge in [-0.05, 0) is 60.0 Å². The number of nitrogens with zero attached hydrogens (tertiary/aromatic N) is 7. The van der Waals surface area contributed by atoms with Crippen LogP contribution in [0.2, 0.25) is 0 Å². The van der Waals surface area contributed by atoms with Gasteiger partial charge >= 0.3 is 0 Å². The summed E-state index contributed by atoms with van der Waals surface area (Å²) in [6, 6.07) is 2.19. The van der Waals surface area contributed by atoms with E-state index in [9.17, 15) is 0 Å². The average Bonchev–Trinajstić information content (AvgIpc) is 3.51. The van der Waals surface area contributed by atoms with Crippen LogP contribution in [0.5, 0.6) is 11.8 Å². The van der Waals surface area contributed by atoms with E-state index in [1.54, 1.807) is 4.68 Å². The number of aromatic nitrogens is 7. The highest BCUT2D eigenvalue weighted by Crippen LogP contribution is 2.35. The number of nitrogens with one attached hydrogen (secondary N) is 2. The van der Waals surface area contributed by atoms with Gasteiger partial charge in [-0.1, -0.05) is 0 Å². The first-order valence-electron chi connectivity index (χ1n) is 13.1. The first kappa shape index (κ1) is 25.9. The number of rotatable bonds is 5. The summed E-state index contributed by atoms with van der Waals surface area (Å²) < 4.78 is 16.4. The Kier molecular flexibility index (Phi) is 7.22. The molecule has 11 heteroatoms. The predicted molar refractivity (Wildman–Crippen MR) is 148 cm³/mol. The third kappa shape index (κ3) is 4.79. The summed E-state index contributed by atoms with van der Waals surface area (Å²) in [6.45, 7) is 10.9. The van der Waals surface area contributed by atoms with Crippen molar-refractivity contribution >= 4 is 23.1 Å². The lowest BCUT2D eigenvalue weighted by Crippen LogP contribution is -2.32. The van der Waals surface area contributed by atoms with Gasteiger partial charge in [-0.3, -0.25) is 19.7 Å². The van der Waals surface area contributed by atoms with E-state index < -0.39 is 0 Å². The molecule has 5 rings (SSSR count). The number of aryl methyl sites for hydroxylation is 2. The predicted octanol–water partition coefficient (Wildman–Crippen LogP) is 3.43. The second-order valence-electron chi connectivity index (χ2n) is 10.0. The normalized spacial score (nSPS) is 17.9. The Morgan fingerprint density at radius 3 is 2.84 bits per heavy atom. The maximum atomic E-state index is 6.51. The van der Waals surface area contributed by atoms with E-state index in [2.05, 4.69) is 63.2 Å². The zero-order chi connectivity index (χ0) is 27.0. The fourth-order valence-corrected chi connectivity index (χ4v) is 5.19. The maximum absolute atomic E-state index is 6.51. The lowest BCUT2D eigenvalue weighted by molar-refractivity contribution is 0.146. The summed E-state index contributed by atoms with van der Waals surface area (Å²) >= 11 is 0. The average molecular weight is 520 g/mol. The molecule has 0 aromatic carbocycles. The van der Waals surface area contributed by atoms with Gasteiger partial charge in [0, 0.05) is 32.1 Å². The van der Waals surface area contributed by atoms with Crippen molar-refractivity contribution in [3.8, 4) is 23.0 Å². The molecule has 0 spiro atoms. The molecule has 0 saturated heterocycles. The van der Waals surface area contributed by atoms with E-state index in [1.807, 2.05) is 40.2 Å². The van der Waals surface area contributed by atoms with Crippen LogP contribution in [-0.2, 0) is 13.6 Å². The minimum absolute atomic E-state index is 0.0941. The second-order valence-corrected chi connectivity index (χ2v) is 10.0. The van der Waals surface area contributed by atoms with Crippen LogP contribution in [0.1, 0.15) is 49.5 Å². The molecule has 0 saturated carbocycles. The van der Waals surface area contributed by atoms with E-state index in [0.717, 1.165) is 51.4 Å². The SMILES string of the molecule is CCOc1nn([C@@H](C)CNC)c2c1/C=C/c1n[nH]c3cnc(cc13)-c1c(C)nn(C)c1O[C@@H](C)CN(C)C2. The molecule has 0 amide bonds. The van der Waals surface area contributed by atoms with Crippen LogP contribution in [0.4, 0.5) is 0 Å². The summed E-state index contributed by atoms with van der Waals surface area (Å²) in [4.78, 5) is 6.98. The quantitative estimate of drug-likeness (QED) is 0.413. The molecule has 4 aromatic heterocycles. The first-order chi connectivity index (χ1) is 18.3. The number of pyridine rings is 1. The topological polar surface area (TPSA) is 111 Å². The van der Waals surface area contributed by atoms with Crippen LogP contribution in [0.3, 0.4) is 0 Å². The fraction of sp³-hybridized carbons (Fsp3) is 0.481. The molecule has 1 aliphatic rings. The Morgan fingerprint density at radius 1 is 1.26 bits per heavy atom. The molecule has 0 radical (unpaired) electrons. The van der Waals surface area contributed by atoms with Crippen LogP contribution in [0.15, 0.2) is 12.3 Å². The van der Waals surface area contributed by atoms with Crippen LogP contribution in [-0.4, -0.2) is 79.5 Å². The van der Waals surface area contributed by atoms with Crippen molar-refractivity contribution in [2.75, 3.05) is 33.8 Å². The van der Waals surface area contributed by atoms with E-state index in [1.165, 1.54) is 0 Å². The Balaban J connectivity index is 1.70. The van der Waals surface area contributed by atoms with Gasteiger partial charge in [-0.25, -0.2) is 4.68 Å². The zero-order valence-electron chi connectivity index (χ0n) is 23.2. The summed E-state index contributed by atoms with van der Waals surface area (Å²) in [5.41, 5.74) is 6.27. The molecule has 1 aliphatic heterocycles. The number of likely N-dealkylation sites (N-methyl/N-ethyl adjacent to an activating group) is 2. The van der Waals surface area contributed by atoms with Crippen LogP contribution < -0.4 is 14.8 Å². The first-order valence-corrected chi connectivity index (χ1v) is 13.1. The number of H-pyrrole nitrogens is 1. The molecule has 0 fully saturated rings. The van der Waals surface area contributed by atoms with Crippen LogP contribution in [0, 0.1) is 6.92 Å². The van der Waals surface area contributed by atoms with E-state index in [4.69, 9.17) is 19.6 Å². The molecule has 4 aromatic rings. The molecule has 2 bridgehead atoms. The molecule has 0 aliphatic carbocycles. The van der Waals surface area contributed by atoms with Crippen molar-refractivity contribution in [3.05, 3.63) is 34.9 Å². The molecule has 2 N–H and O–H groups in total. The number of ether oxygens (including phenoxy) is 2. The minimum atomic E-state index is -0.0941. The standard InChI is InChI=1S/C27H37N9O2/c1-8-37-26-19-9-10-21-20-11-22(29-13-23(20)31-30-21)25-18(4)32-35(7)27(25)38-17(3)14-34(6)15-24(19)36(33-26)16(2)12-28-5/h9-11,13,16-17,28H,8,12,14-15H2,1-7H3,(H,30,31)/b10-9+/t16-,17-/m0/s1. The lowest BCUT2D eigenvalue weighted by atomic mass is 10.1. The summed E-state index contributed by atoms with van der Waals surface area (Å²) in [5, 5.41) is 21.5. The van der Waals surface area contributed by atoms with Gasteiger partial charge in [-0.2, -0.15) is 10.2 Å². The van der Waals surface area contributed by atoms with Gasteiger partial charge < -0.3 is 14.8 Å². The van der Waals surface area contributed by atoms with Gasteiger partial charge in [0.15, 0.2) is 0 Å². The second kappa shape index (κ2) is 10.6. The van der Waals surface area contributed by atoms with Gasteiger partial charge in [-0.15, -0.1) is 5.10 Å². The highest BCUT2D eigenvalue weighted by molar-refractivity contribution is 5.92. The molecular formula is C27H37N9O2. The molecular weight excluding hydrogens is 482 g/mol. The van der Waals surface area contributed by atoms with Gasteiger partial charge in [0.05, 0.1) is 58.3 Å². The minimum Gasteiger partial charge on any atom is -0.476 e. The summed E-state index contributed by atoms with van der Waals surface area (Å²) in [5.74, 6) is 1.33. The molecule has 0 unspecified atom stereocenters. The monoisotopic (exact) mass is 519 g/mol. The van der Waals surface area contributed by atoms with E-state index in [-0.39, 0.29) is 12.1 Å². The van der Waals surface area contributed by atoms with Crippen LogP contribution >= 0.6 is 0 Å². The number of aromatic amines is 1. The number of hydrogen-bond donors (Lipinski definition) is 2. The maximum Gasteiger partial charge on any atom is 0.240 e.